The second kappa shape index (κ2) is 11.0. The van der Waals surface area contributed by atoms with Crippen LogP contribution in [0, 0.1) is 5.92 Å². The number of carbonyl (C=O) groups is 2. The quantitative estimate of drug-likeness (QED) is 0.585. The van der Waals surface area contributed by atoms with Gasteiger partial charge in [-0.2, -0.15) is 0 Å². The van der Waals surface area contributed by atoms with Crippen LogP contribution in [0.25, 0.3) is 0 Å². The van der Waals surface area contributed by atoms with Gasteiger partial charge in [-0.1, -0.05) is 6.92 Å². The highest BCUT2D eigenvalue weighted by molar-refractivity contribution is 7.99. The number of pyridine rings is 1. The van der Waals surface area contributed by atoms with Crippen molar-refractivity contribution >= 4 is 29.5 Å². The van der Waals surface area contributed by atoms with Crippen molar-refractivity contribution < 1.29 is 14.7 Å². The summed E-state index contributed by atoms with van der Waals surface area (Å²) in [6.07, 6.45) is 9.09. The first-order chi connectivity index (χ1) is 16.0. The number of carboxylic acids is 1. The number of carbonyl (C=O) groups excluding carboxylic acids is 1. The number of nitrogens with zero attached hydrogens (tertiary/aromatic N) is 5. The Morgan fingerprint density at radius 2 is 2.06 bits per heavy atom. The molecule has 0 aliphatic carbocycles. The summed E-state index contributed by atoms with van der Waals surface area (Å²) in [4.78, 5) is 42.1. The van der Waals surface area contributed by atoms with E-state index < -0.39 is 5.97 Å². The maximum Gasteiger partial charge on any atom is 0.303 e. The van der Waals surface area contributed by atoms with E-state index in [1.807, 2.05) is 17.0 Å². The second-order valence-electron chi connectivity index (χ2n) is 8.79. The van der Waals surface area contributed by atoms with Crippen molar-refractivity contribution in [2.24, 2.45) is 5.92 Å². The number of aromatic nitrogens is 3. The molecule has 0 bridgehead atoms. The number of amides is 1. The Kier molecular flexibility index (Phi) is 7.80. The normalized spacial score (nSPS) is 20.8. The lowest BCUT2D eigenvalue weighted by molar-refractivity contribution is -0.138. The average molecular weight is 470 g/mol. The van der Waals surface area contributed by atoms with Crippen molar-refractivity contribution in [1.82, 2.24) is 19.9 Å². The highest BCUT2D eigenvalue weighted by Crippen LogP contribution is 2.31. The minimum absolute atomic E-state index is 0.0152. The summed E-state index contributed by atoms with van der Waals surface area (Å²) in [5.41, 5.74) is 1.58. The van der Waals surface area contributed by atoms with Crippen LogP contribution in [-0.2, 0) is 4.79 Å². The molecule has 1 unspecified atom stereocenters. The fourth-order valence-corrected chi connectivity index (χ4v) is 5.51. The highest BCUT2D eigenvalue weighted by Gasteiger charge is 2.31. The van der Waals surface area contributed by atoms with Gasteiger partial charge in [0.2, 0.25) is 0 Å². The third kappa shape index (κ3) is 5.82. The predicted octanol–water partition coefficient (Wildman–Crippen LogP) is 3.69. The molecule has 9 heteroatoms. The topological polar surface area (TPSA) is 99.5 Å². The van der Waals surface area contributed by atoms with E-state index in [-0.39, 0.29) is 24.2 Å². The SMILES string of the molecule is CCCSc1nc(N2CCCC(CC(=O)O)C2)ccc1C(=O)N1CC[C@H](c2cnccn2)C1. The Labute approximate surface area is 198 Å². The van der Waals surface area contributed by atoms with Gasteiger partial charge in [0.05, 0.1) is 11.3 Å². The number of aliphatic carboxylic acids is 1. The van der Waals surface area contributed by atoms with Crippen LogP contribution >= 0.6 is 11.8 Å². The molecule has 0 spiro atoms. The van der Waals surface area contributed by atoms with E-state index in [0.717, 1.165) is 54.5 Å². The number of piperidine rings is 1. The zero-order chi connectivity index (χ0) is 23.2. The molecule has 1 amide bonds. The van der Waals surface area contributed by atoms with Crippen LogP contribution in [0.4, 0.5) is 5.82 Å². The van der Waals surface area contributed by atoms with Crippen molar-refractivity contribution in [3.05, 3.63) is 42.0 Å². The number of hydrogen-bond acceptors (Lipinski definition) is 7. The number of thioether (sulfide) groups is 1. The predicted molar refractivity (Wildman–Crippen MR) is 128 cm³/mol. The van der Waals surface area contributed by atoms with Gasteiger partial charge >= 0.3 is 5.97 Å². The summed E-state index contributed by atoms with van der Waals surface area (Å²) in [6.45, 7) is 5.00. The lowest BCUT2D eigenvalue weighted by Crippen LogP contribution is -2.37. The van der Waals surface area contributed by atoms with Gasteiger partial charge in [-0.3, -0.25) is 19.6 Å². The van der Waals surface area contributed by atoms with Gasteiger partial charge in [-0.25, -0.2) is 4.98 Å². The van der Waals surface area contributed by atoms with Gasteiger partial charge in [0.1, 0.15) is 10.8 Å². The van der Waals surface area contributed by atoms with Gasteiger partial charge in [-0.15, -0.1) is 11.8 Å². The minimum Gasteiger partial charge on any atom is -0.481 e. The molecule has 2 aliphatic rings. The lowest BCUT2D eigenvalue weighted by atomic mass is 9.95. The molecule has 0 saturated carbocycles. The molecule has 2 saturated heterocycles. The van der Waals surface area contributed by atoms with E-state index in [9.17, 15) is 9.59 Å². The van der Waals surface area contributed by atoms with Crippen LogP contribution in [0.3, 0.4) is 0 Å². The van der Waals surface area contributed by atoms with E-state index in [1.54, 1.807) is 30.4 Å². The first-order valence-electron chi connectivity index (χ1n) is 11.7. The van der Waals surface area contributed by atoms with E-state index in [4.69, 9.17) is 10.1 Å². The minimum atomic E-state index is -0.750. The third-order valence-electron chi connectivity index (χ3n) is 6.30. The zero-order valence-corrected chi connectivity index (χ0v) is 19.8. The molecule has 4 rings (SSSR count). The zero-order valence-electron chi connectivity index (χ0n) is 19.0. The number of anilines is 1. The van der Waals surface area contributed by atoms with Gasteiger partial charge in [0.25, 0.3) is 5.91 Å². The van der Waals surface area contributed by atoms with E-state index in [2.05, 4.69) is 21.8 Å². The van der Waals surface area contributed by atoms with Crippen molar-refractivity contribution in [3.63, 3.8) is 0 Å². The molecule has 4 heterocycles. The van der Waals surface area contributed by atoms with Crippen LogP contribution in [0.2, 0.25) is 0 Å². The van der Waals surface area contributed by atoms with E-state index >= 15 is 0 Å². The highest BCUT2D eigenvalue weighted by atomic mass is 32.2. The summed E-state index contributed by atoms with van der Waals surface area (Å²) in [7, 11) is 0. The van der Waals surface area contributed by atoms with Crippen molar-refractivity contribution in [3.8, 4) is 0 Å². The van der Waals surface area contributed by atoms with Gasteiger partial charge in [-0.05, 0) is 49.5 Å². The largest absolute Gasteiger partial charge is 0.481 e. The van der Waals surface area contributed by atoms with Gasteiger partial charge in [0.15, 0.2) is 0 Å². The molecule has 0 radical (unpaired) electrons. The van der Waals surface area contributed by atoms with Gasteiger partial charge in [0, 0.05) is 57.1 Å². The Bertz CT molecular complexity index is 974. The van der Waals surface area contributed by atoms with Gasteiger partial charge < -0.3 is 14.9 Å². The first kappa shape index (κ1) is 23.5. The Hall–Kier alpha value is -2.68. The van der Waals surface area contributed by atoms with Crippen LogP contribution in [-0.4, -0.2) is 68.8 Å². The van der Waals surface area contributed by atoms with Crippen LogP contribution in [0.5, 0.6) is 0 Å². The average Bonchev–Trinajstić information content (AvgIpc) is 3.33. The number of likely N-dealkylation sites (tertiary alicyclic amines) is 1. The monoisotopic (exact) mass is 469 g/mol. The van der Waals surface area contributed by atoms with E-state index in [0.29, 0.717) is 25.2 Å². The summed E-state index contributed by atoms with van der Waals surface area (Å²) < 4.78 is 0. The molecule has 2 aromatic rings. The maximum atomic E-state index is 13.4. The molecule has 2 aliphatic heterocycles. The summed E-state index contributed by atoms with van der Waals surface area (Å²) in [6, 6.07) is 3.82. The number of carboxylic acid groups (broad SMARTS) is 1. The van der Waals surface area contributed by atoms with Crippen LogP contribution in [0.15, 0.2) is 35.7 Å². The summed E-state index contributed by atoms with van der Waals surface area (Å²) in [5, 5.41) is 9.94. The molecule has 2 atom stereocenters. The van der Waals surface area contributed by atoms with E-state index in [1.165, 1.54) is 0 Å². The van der Waals surface area contributed by atoms with Crippen molar-refractivity contribution in [2.45, 2.75) is 50.0 Å². The molecule has 2 fully saturated rings. The van der Waals surface area contributed by atoms with Crippen molar-refractivity contribution in [2.75, 3.05) is 36.8 Å². The number of rotatable bonds is 8. The van der Waals surface area contributed by atoms with Crippen LogP contribution in [0.1, 0.15) is 61.0 Å². The molecule has 0 aromatic carbocycles. The fourth-order valence-electron chi connectivity index (χ4n) is 4.64. The molecule has 2 aromatic heterocycles. The molecule has 176 valence electrons. The Balaban J connectivity index is 1.50. The Morgan fingerprint density at radius 1 is 1.18 bits per heavy atom. The standard InChI is InChI=1S/C24H31N5O3S/c1-2-12-33-23-19(24(32)29-11-7-18(16-29)20-14-25-8-9-26-20)5-6-21(27-23)28-10-3-4-17(15-28)13-22(30)31/h5-6,8-9,14,17-18H,2-4,7,10-13,15-16H2,1H3,(H,30,31)/t17?,18-/m0/s1. The first-order valence-corrected chi connectivity index (χ1v) is 12.7. The Morgan fingerprint density at radius 3 is 2.82 bits per heavy atom. The molecular formula is C24H31N5O3S. The molecular weight excluding hydrogens is 438 g/mol. The maximum absolute atomic E-state index is 13.4. The number of hydrogen-bond donors (Lipinski definition) is 1. The second-order valence-corrected chi connectivity index (χ2v) is 9.87. The van der Waals surface area contributed by atoms with Crippen LogP contribution < -0.4 is 4.90 Å². The third-order valence-corrected chi connectivity index (χ3v) is 7.50. The summed E-state index contributed by atoms with van der Waals surface area (Å²) >= 11 is 1.62. The molecule has 1 N–H and O–H groups in total. The summed E-state index contributed by atoms with van der Waals surface area (Å²) in [5.74, 6) is 1.33. The lowest BCUT2D eigenvalue weighted by Gasteiger charge is -2.33. The fraction of sp³-hybridized carbons (Fsp3) is 0.542. The molecule has 33 heavy (non-hydrogen) atoms. The van der Waals surface area contributed by atoms with Crippen molar-refractivity contribution in [1.29, 1.82) is 0 Å². The smallest absolute Gasteiger partial charge is 0.303 e. The molecule has 8 nitrogen and oxygen atoms in total.